The van der Waals surface area contributed by atoms with Crippen molar-refractivity contribution in [1.82, 2.24) is 9.78 Å². The van der Waals surface area contributed by atoms with E-state index in [0.29, 0.717) is 11.3 Å². The van der Waals surface area contributed by atoms with E-state index in [1.807, 2.05) is 0 Å². The number of thiophene rings is 1. The first-order valence-electron chi connectivity index (χ1n) is 10.6. The van der Waals surface area contributed by atoms with E-state index in [1.54, 1.807) is 20.8 Å². The fraction of sp³-hybridized carbons (Fsp3) is 0.524. The van der Waals surface area contributed by atoms with Crippen molar-refractivity contribution in [1.29, 1.82) is 0 Å². The van der Waals surface area contributed by atoms with E-state index in [4.69, 9.17) is 9.47 Å². The maximum Gasteiger partial charge on any atom is 0.436 e. The van der Waals surface area contributed by atoms with Gasteiger partial charge in [-0.2, -0.15) is 18.3 Å². The van der Waals surface area contributed by atoms with E-state index >= 15 is 0 Å². The topological polar surface area (TPSA) is 99.5 Å². The van der Waals surface area contributed by atoms with Crippen LogP contribution in [0.25, 0.3) is 0 Å². The summed E-state index contributed by atoms with van der Waals surface area (Å²) in [6.45, 7) is 4.95. The van der Waals surface area contributed by atoms with Crippen LogP contribution < -0.4 is 5.32 Å². The number of carbonyl (C=O) groups excluding carboxylic acids is 3. The molecule has 0 bridgehead atoms. The molecule has 3 rings (SSSR count). The molecule has 0 aromatic carbocycles. The molecule has 1 aliphatic carbocycles. The molecule has 1 fully saturated rings. The molecular weight excluding hydrogens is 543 g/mol. The molecule has 0 saturated heterocycles. The maximum atomic E-state index is 13.3. The molecule has 2 aromatic rings. The minimum atomic E-state index is -4.62. The van der Waals surface area contributed by atoms with Crippen LogP contribution in [0, 0.1) is 6.92 Å². The Hall–Kier alpha value is -2.41. The number of aromatic nitrogens is 2. The molecule has 0 aliphatic heterocycles. The number of alkyl halides is 3. The van der Waals surface area contributed by atoms with Gasteiger partial charge >= 0.3 is 18.1 Å². The fourth-order valence-electron chi connectivity index (χ4n) is 3.39. The lowest BCUT2D eigenvalue weighted by Crippen LogP contribution is -2.18. The number of aryl methyl sites for hydroxylation is 1. The third-order valence-corrected chi connectivity index (χ3v) is 7.02. The summed E-state index contributed by atoms with van der Waals surface area (Å²) >= 11 is 3.90. The zero-order valence-electron chi connectivity index (χ0n) is 18.7. The van der Waals surface area contributed by atoms with Crippen molar-refractivity contribution in [2.45, 2.75) is 58.7 Å². The van der Waals surface area contributed by atoms with Crippen LogP contribution in [-0.4, -0.2) is 40.8 Å². The highest BCUT2D eigenvalue weighted by Crippen LogP contribution is 2.47. The average Bonchev–Trinajstić information content (AvgIpc) is 3.44. The van der Waals surface area contributed by atoms with E-state index in [2.05, 4.69) is 26.3 Å². The first kappa shape index (κ1) is 26.2. The number of carbonyl (C=O) groups is 3. The number of ether oxygens (including phenoxy) is 2. The molecule has 1 aliphatic rings. The van der Waals surface area contributed by atoms with Gasteiger partial charge < -0.3 is 14.8 Å². The molecule has 13 heteroatoms. The van der Waals surface area contributed by atoms with Crippen molar-refractivity contribution in [3.05, 3.63) is 31.9 Å². The predicted molar refractivity (Wildman–Crippen MR) is 121 cm³/mol. The monoisotopic (exact) mass is 565 g/mol. The van der Waals surface area contributed by atoms with E-state index in [1.165, 1.54) is 4.68 Å². The summed E-state index contributed by atoms with van der Waals surface area (Å²) in [6.07, 6.45) is -3.31. The number of amides is 1. The van der Waals surface area contributed by atoms with Gasteiger partial charge in [0.2, 0.25) is 5.91 Å². The van der Waals surface area contributed by atoms with Crippen LogP contribution in [0.1, 0.15) is 76.0 Å². The molecule has 2 heterocycles. The van der Waals surface area contributed by atoms with E-state index in [9.17, 15) is 27.6 Å². The lowest BCUT2D eigenvalue weighted by atomic mass is 10.1. The summed E-state index contributed by atoms with van der Waals surface area (Å²) in [7, 11) is 0. The summed E-state index contributed by atoms with van der Waals surface area (Å²) in [4.78, 5) is 37.5. The lowest BCUT2D eigenvalue weighted by Gasteiger charge is -2.09. The molecule has 8 nitrogen and oxygen atoms in total. The summed E-state index contributed by atoms with van der Waals surface area (Å²) in [5, 5.41) is 6.39. The Morgan fingerprint density at radius 1 is 1.18 bits per heavy atom. The first-order valence-corrected chi connectivity index (χ1v) is 12.2. The van der Waals surface area contributed by atoms with Crippen LogP contribution in [0.3, 0.4) is 0 Å². The van der Waals surface area contributed by atoms with Crippen LogP contribution in [0.2, 0.25) is 0 Å². The normalized spacial score (nSPS) is 13.6. The third kappa shape index (κ3) is 5.62. The quantitative estimate of drug-likeness (QED) is 0.414. The number of nitrogens with one attached hydrogen (secondary N) is 1. The van der Waals surface area contributed by atoms with Crippen LogP contribution in [-0.2, 0) is 27.0 Å². The van der Waals surface area contributed by atoms with Gasteiger partial charge in [-0.3, -0.25) is 9.48 Å². The molecule has 34 heavy (non-hydrogen) atoms. The van der Waals surface area contributed by atoms with Gasteiger partial charge in [0, 0.05) is 12.3 Å². The molecule has 1 amide bonds. The molecule has 0 radical (unpaired) electrons. The van der Waals surface area contributed by atoms with Crippen molar-refractivity contribution >= 4 is 50.1 Å². The molecule has 1 N–H and O–H groups in total. The van der Waals surface area contributed by atoms with Crippen molar-refractivity contribution in [2.75, 3.05) is 18.5 Å². The van der Waals surface area contributed by atoms with Gasteiger partial charge in [0.05, 0.1) is 35.5 Å². The molecule has 0 atom stereocenters. The van der Waals surface area contributed by atoms with Crippen molar-refractivity contribution in [2.24, 2.45) is 0 Å². The minimum Gasteiger partial charge on any atom is -0.462 e. The lowest BCUT2D eigenvalue weighted by molar-refractivity contribution is -0.142. The Morgan fingerprint density at radius 2 is 1.79 bits per heavy atom. The summed E-state index contributed by atoms with van der Waals surface area (Å²) in [6, 6.07) is 0. The second-order valence-corrected chi connectivity index (χ2v) is 9.36. The highest BCUT2D eigenvalue weighted by atomic mass is 79.9. The van der Waals surface area contributed by atoms with E-state index in [-0.39, 0.29) is 52.0 Å². The number of anilines is 1. The van der Waals surface area contributed by atoms with Gasteiger partial charge in [0.1, 0.15) is 9.88 Å². The largest absolute Gasteiger partial charge is 0.462 e. The number of hydrogen-bond donors (Lipinski definition) is 1. The van der Waals surface area contributed by atoms with Gasteiger partial charge in [-0.15, -0.1) is 11.3 Å². The highest BCUT2D eigenvalue weighted by molar-refractivity contribution is 9.10. The second kappa shape index (κ2) is 10.5. The maximum absolute atomic E-state index is 13.3. The number of hydrogen-bond acceptors (Lipinski definition) is 7. The summed E-state index contributed by atoms with van der Waals surface area (Å²) in [5.74, 6) is -1.93. The summed E-state index contributed by atoms with van der Waals surface area (Å²) in [5.41, 5.74) is -0.238. The van der Waals surface area contributed by atoms with Crippen LogP contribution in [0.15, 0.2) is 4.47 Å². The molecule has 0 spiro atoms. The number of rotatable bonds is 9. The Labute approximate surface area is 205 Å². The second-order valence-electron chi connectivity index (χ2n) is 7.54. The Balaban J connectivity index is 1.81. The SMILES string of the molecule is CCOC(=O)c1sc(NC(=O)CCn2nc(C(F)(F)F)c(Br)c2C2CC2)c(C(=O)OCC)c1C. The zero-order chi connectivity index (χ0) is 25.2. The number of halogens is 4. The van der Waals surface area contributed by atoms with E-state index in [0.717, 1.165) is 24.2 Å². The minimum absolute atomic E-state index is 0.0384. The van der Waals surface area contributed by atoms with Gasteiger partial charge in [-0.1, -0.05) is 0 Å². The van der Waals surface area contributed by atoms with Crippen LogP contribution in [0.4, 0.5) is 18.2 Å². The fourth-order valence-corrected chi connectivity index (χ4v) is 5.33. The standard InChI is InChI=1S/C21H23BrF3N3O5S/c1-4-32-19(30)13-10(3)16(20(31)33-5-2)34-18(13)26-12(29)8-9-28-15(11-6-7-11)14(22)17(27-28)21(23,24)25/h11H,4-9H2,1-3H3,(H,26,29). The summed E-state index contributed by atoms with van der Waals surface area (Å²) < 4.78 is 51.0. The molecule has 1 saturated carbocycles. The third-order valence-electron chi connectivity index (χ3n) is 5.05. The van der Waals surface area contributed by atoms with Crippen LogP contribution >= 0.6 is 27.3 Å². The first-order chi connectivity index (χ1) is 16.0. The number of nitrogens with zero attached hydrogens (tertiary/aromatic N) is 2. The van der Waals surface area contributed by atoms with Gasteiger partial charge in [-0.05, 0) is 55.1 Å². The van der Waals surface area contributed by atoms with Gasteiger partial charge in [0.25, 0.3) is 0 Å². The Morgan fingerprint density at radius 3 is 2.35 bits per heavy atom. The zero-order valence-corrected chi connectivity index (χ0v) is 21.1. The molecule has 2 aromatic heterocycles. The van der Waals surface area contributed by atoms with E-state index < -0.39 is 29.7 Å². The molecule has 0 unspecified atom stereocenters. The van der Waals surface area contributed by atoms with Crippen LogP contribution in [0.5, 0.6) is 0 Å². The van der Waals surface area contributed by atoms with Crippen molar-refractivity contribution in [3.63, 3.8) is 0 Å². The molecular formula is C21H23BrF3N3O5S. The van der Waals surface area contributed by atoms with Gasteiger partial charge in [-0.25, -0.2) is 9.59 Å². The average molecular weight is 566 g/mol. The smallest absolute Gasteiger partial charge is 0.436 e. The highest BCUT2D eigenvalue weighted by Gasteiger charge is 2.41. The van der Waals surface area contributed by atoms with Crippen molar-refractivity contribution < 1.29 is 37.0 Å². The number of esters is 2. The Bertz CT molecular complexity index is 1110. The molecule has 186 valence electrons. The van der Waals surface area contributed by atoms with Crippen molar-refractivity contribution in [3.8, 4) is 0 Å². The Kier molecular flexibility index (Phi) is 8.06. The predicted octanol–water partition coefficient (Wildman–Crippen LogP) is 5.29. The van der Waals surface area contributed by atoms with Gasteiger partial charge in [0.15, 0.2) is 5.69 Å².